The molecule has 1 heterocycles. The molecule has 0 bridgehead atoms. The van der Waals surface area contributed by atoms with Crippen molar-refractivity contribution in [1.29, 1.82) is 0 Å². The average Bonchev–Trinajstić information content (AvgIpc) is 2.54. The molecular weight excluding hydrogens is 319 g/mol. The number of fused-ring (bicyclic) bond motifs is 1. The molecule has 6 heteroatoms. The molecule has 3 rings (SSSR count). The normalized spacial score (nSPS) is 17.2. The number of alkyl halides is 3. The zero-order valence-corrected chi connectivity index (χ0v) is 13.0. The Labute approximate surface area is 137 Å². The van der Waals surface area contributed by atoms with Gasteiger partial charge in [-0.15, -0.1) is 0 Å². The maximum Gasteiger partial charge on any atom is 0.416 e. The van der Waals surface area contributed by atoms with E-state index in [-0.39, 0.29) is 17.9 Å². The fraction of sp³-hybridized carbons (Fsp3) is 0.278. The molecule has 2 aromatic rings. The average molecular weight is 335 g/mol. The van der Waals surface area contributed by atoms with E-state index in [0.29, 0.717) is 23.6 Å². The number of amides is 1. The lowest BCUT2D eigenvalue weighted by Gasteiger charge is -2.28. The van der Waals surface area contributed by atoms with Crippen molar-refractivity contribution >= 4 is 11.6 Å². The Hall–Kier alpha value is -2.50. The SMILES string of the molecule is CCOc1ccc2c(c1)[C@H](c1ccccc1C(F)(F)F)CC(=O)N2. The summed E-state index contributed by atoms with van der Waals surface area (Å²) < 4.78 is 45.5. The summed E-state index contributed by atoms with van der Waals surface area (Å²) in [6.07, 6.45) is -4.50. The van der Waals surface area contributed by atoms with Crippen LogP contribution in [0.4, 0.5) is 18.9 Å². The van der Waals surface area contributed by atoms with Crippen molar-refractivity contribution in [3.8, 4) is 5.75 Å². The molecular formula is C18H16F3NO2. The first kappa shape index (κ1) is 16.4. The van der Waals surface area contributed by atoms with Crippen LogP contribution in [0.25, 0.3) is 0 Å². The van der Waals surface area contributed by atoms with Gasteiger partial charge in [0.25, 0.3) is 0 Å². The summed E-state index contributed by atoms with van der Waals surface area (Å²) in [6, 6.07) is 10.5. The van der Waals surface area contributed by atoms with Gasteiger partial charge in [0, 0.05) is 18.0 Å². The van der Waals surface area contributed by atoms with Gasteiger partial charge >= 0.3 is 6.18 Å². The number of hydrogen-bond acceptors (Lipinski definition) is 2. The molecule has 0 radical (unpaired) electrons. The molecule has 1 aliphatic heterocycles. The summed E-state index contributed by atoms with van der Waals surface area (Å²) in [6.45, 7) is 2.28. The second-order valence-electron chi connectivity index (χ2n) is 5.57. The number of carbonyl (C=O) groups excluding carboxylic acids is 1. The first-order chi connectivity index (χ1) is 11.4. The lowest BCUT2D eigenvalue weighted by Crippen LogP contribution is -2.25. The molecule has 1 amide bonds. The van der Waals surface area contributed by atoms with Crippen LogP contribution in [-0.4, -0.2) is 12.5 Å². The zero-order valence-electron chi connectivity index (χ0n) is 13.0. The van der Waals surface area contributed by atoms with Gasteiger partial charge < -0.3 is 10.1 Å². The highest BCUT2D eigenvalue weighted by molar-refractivity contribution is 5.95. The predicted molar refractivity (Wildman–Crippen MR) is 84.1 cm³/mol. The second-order valence-corrected chi connectivity index (χ2v) is 5.57. The van der Waals surface area contributed by atoms with Crippen molar-refractivity contribution < 1.29 is 22.7 Å². The molecule has 0 aliphatic carbocycles. The third-order valence-electron chi connectivity index (χ3n) is 4.01. The molecule has 0 saturated heterocycles. The van der Waals surface area contributed by atoms with Crippen molar-refractivity contribution in [1.82, 2.24) is 0 Å². The van der Waals surface area contributed by atoms with Gasteiger partial charge in [0.1, 0.15) is 5.75 Å². The van der Waals surface area contributed by atoms with Crippen LogP contribution in [0, 0.1) is 0 Å². The van der Waals surface area contributed by atoms with Gasteiger partial charge in [0.15, 0.2) is 0 Å². The minimum absolute atomic E-state index is 0.0321. The maximum atomic E-state index is 13.4. The van der Waals surface area contributed by atoms with Gasteiger partial charge in [-0.3, -0.25) is 4.79 Å². The van der Waals surface area contributed by atoms with Crippen LogP contribution >= 0.6 is 0 Å². The number of benzene rings is 2. The second kappa shape index (κ2) is 6.19. The lowest BCUT2D eigenvalue weighted by molar-refractivity contribution is -0.138. The van der Waals surface area contributed by atoms with Crippen LogP contribution in [0.3, 0.4) is 0 Å². The van der Waals surface area contributed by atoms with Crippen molar-refractivity contribution in [3.05, 3.63) is 59.2 Å². The first-order valence-corrected chi connectivity index (χ1v) is 7.63. The van der Waals surface area contributed by atoms with E-state index in [1.54, 1.807) is 24.3 Å². The summed E-state index contributed by atoms with van der Waals surface area (Å²) in [5.74, 6) is -0.387. The van der Waals surface area contributed by atoms with Crippen LogP contribution in [0.2, 0.25) is 0 Å². The molecule has 126 valence electrons. The third kappa shape index (κ3) is 3.09. The predicted octanol–water partition coefficient (Wildman–Crippen LogP) is 4.58. The van der Waals surface area contributed by atoms with Crippen molar-refractivity contribution in [2.75, 3.05) is 11.9 Å². The molecule has 0 saturated carbocycles. The van der Waals surface area contributed by atoms with Crippen LogP contribution < -0.4 is 10.1 Å². The number of hydrogen-bond donors (Lipinski definition) is 1. The maximum absolute atomic E-state index is 13.4. The van der Waals surface area contributed by atoms with E-state index in [4.69, 9.17) is 4.74 Å². The van der Waals surface area contributed by atoms with E-state index >= 15 is 0 Å². The molecule has 1 aliphatic rings. The first-order valence-electron chi connectivity index (χ1n) is 7.63. The van der Waals surface area contributed by atoms with E-state index in [0.717, 1.165) is 6.07 Å². The fourth-order valence-corrected chi connectivity index (χ4v) is 3.03. The molecule has 0 fully saturated rings. The Morgan fingerprint density at radius 2 is 1.92 bits per heavy atom. The van der Waals surface area contributed by atoms with Crippen LogP contribution in [0.15, 0.2) is 42.5 Å². The summed E-state index contributed by atoms with van der Waals surface area (Å²) in [4.78, 5) is 12.0. The summed E-state index contributed by atoms with van der Waals surface area (Å²) in [7, 11) is 0. The van der Waals surface area contributed by atoms with E-state index in [1.165, 1.54) is 12.1 Å². The Morgan fingerprint density at radius 1 is 1.17 bits per heavy atom. The number of nitrogens with one attached hydrogen (secondary N) is 1. The van der Waals surface area contributed by atoms with Gasteiger partial charge in [-0.1, -0.05) is 18.2 Å². The molecule has 0 aromatic heterocycles. The van der Waals surface area contributed by atoms with Crippen LogP contribution in [-0.2, 0) is 11.0 Å². The van der Waals surface area contributed by atoms with Crippen LogP contribution in [0.5, 0.6) is 5.75 Å². The van der Waals surface area contributed by atoms with Gasteiger partial charge in [-0.25, -0.2) is 0 Å². The van der Waals surface area contributed by atoms with Crippen molar-refractivity contribution in [2.24, 2.45) is 0 Å². The highest BCUT2D eigenvalue weighted by Crippen LogP contribution is 2.43. The van der Waals surface area contributed by atoms with Gasteiger partial charge in [0.2, 0.25) is 5.91 Å². The standard InChI is InChI=1S/C18H16F3NO2/c1-2-24-11-7-8-16-14(9-11)13(10-17(23)22-16)12-5-3-4-6-15(12)18(19,20)21/h3-9,13H,2,10H2,1H3,(H,22,23)/t13-/m0/s1. The fourth-order valence-electron chi connectivity index (χ4n) is 3.03. The van der Waals surface area contributed by atoms with Crippen LogP contribution in [0.1, 0.15) is 36.0 Å². The molecule has 0 unspecified atom stereocenters. The number of carbonyl (C=O) groups is 1. The van der Waals surface area contributed by atoms with E-state index in [2.05, 4.69) is 5.32 Å². The summed E-state index contributed by atoms with van der Waals surface area (Å²) in [5.41, 5.74) is 0.557. The highest BCUT2D eigenvalue weighted by atomic mass is 19.4. The molecule has 3 nitrogen and oxygen atoms in total. The molecule has 24 heavy (non-hydrogen) atoms. The Bertz CT molecular complexity index is 771. The van der Waals surface area contributed by atoms with Gasteiger partial charge in [0.05, 0.1) is 12.2 Å². The number of rotatable bonds is 3. The largest absolute Gasteiger partial charge is 0.494 e. The molecule has 0 spiro atoms. The quantitative estimate of drug-likeness (QED) is 0.892. The number of halogens is 3. The molecule has 1 N–H and O–H groups in total. The topological polar surface area (TPSA) is 38.3 Å². The lowest BCUT2D eigenvalue weighted by atomic mass is 9.82. The Balaban J connectivity index is 2.14. The summed E-state index contributed by atoms with van der Waals surface area (Å²) in [5, 5.41) is 2.71. The molecule has 1 atom stereocenters. The Kier molecular flexibility index (Phi) is 4.22. The minimum Gasteiger partial charge on any atom is -0.494 e. The number of anilines is 1. The van der Waals surface area contributed by atoms with E-state index < -0.39 is 17.7 Å². The monoisotopic (exact) mass is 335 g/mol. The smallest absolute Gasteiger partial charge is 0.416 e. The van der Waals surface area contributed by atoms with Crippen molar-refractivity contribution in [3.63, 3.8) is 0 Å². The van der Waals surface area contributed by atoms with Gasteiger partial charge in [-0.05, 0) is 42.3 Å². The van der Waals surface area contributed by atoms with Crippen molar-refractivity contribution in [2.45, 2.75) is 25.4 Å². The molecule has 2 aromatic carbocycles. The Morgan fingerprint density at radius 3 is 2.62 bits per heavy atom. The van der Waals surface area contributed by atoms with E-state index in [9.17, 15) is 18.0 Å². The highest BCUT2D eigenvalue weighted by Gasteiger charge is 2.37. The summed E-state index contributed by atoms with van der Waals surface area (Å²) >= 11 is 0. The number of ether oxygens (including phenoxy) is 1. The van der Waals surface area contributed by atoms with Gasteiger partial charge in [-0.2, -0.15) is 13.2 Å². The third-order valence-corrected chi connectivity index (χ3v) is 4.01. The minimum atomic E-state index is -4.47. The van der Waals surface area contributed by atoms with E-state index in [1.807, 2.05) is 6.92 Å². The zero-order chi connectivity index (χ0) is 17.3.